The molecule has 1 aliphatic carbocycles. The molecule has 1 fully saturated rings. The molecule has 0 aliphatic heterocycles. The maximum atomic E-state index is 12.6. The molecule has 2 aromatic carbocycles. The van der Waals surface area contributed by atoms with E-state index in [0.29, 0.717) is 12.2 Å². The normalized spacial score (nSPS) is 17.8. The molecular formula is C22H30Cl2N4O2. The minimum atomic E-state index is -0.401. The number of nitrogens with zero attached hydrogens (tertiary/aromatic N) is 1. The first-order chi connectivity index (χ1) is 13.5. The summed E-state index contributed by atoms with van der Waals surface area (Å²) in [5.41, 5.74) is 14.1. The number of primary amides is 1. The molecule has 1 aliphatic rings. The lowest BCUT2D eigenvalue weighted by atomic mass is 9.85. The van der Waals surface area contributed by atoms with E-state index in [9.17, 15) is 9.59 Å². The SMILES string of the molecule is Cl.Cl.NC(=O)CN(Cc1ccccc1)c1cccc(NC(=O)C2CCCC(N)C2)c1. The van der Waals surface area contributed by atoms with Crippen molar-refractivity contribution in [2.24, 2.45) is 17.4 Å². The Morgan fingerprint density at radius 3 is 2.43 bits per heavy atom. The van der Waals surface area contributed by atoms with Crippen molar-refractivity contribution in [2.75, 3.05) is 16.8 Å². The largest absolute Gasteiger partial charge is 0.368 e. The molecule has 3 rings (SSSR count). The summed E-state index contributed by atoms with van der Waals surface area (Å²) in [6.07, 6.45) is 3.58. The van der Waals surface area contributed by atoms with Crippen molar-refractivity contribution < 1.29 is 9.59 Å². The third-order valence-corrected chi connectivity index (χ3v) is 5.13. The van der Waals surface area contributed by atoms with Crippen molar-refractivity contribution in [2.45, 2.75) is 38.3 Å². The van der Waals surface area contributed by atoms with Crippen molar-refractivity contribution in [1.82, 2.24) is 0 Å². The Hall–Kier alpha value is -2.28. The van der Waals surface area contributed by atoms with Gasteiger partial charge in [-0.15, -0.1) is 24.8 Å². The van der Waals surface area contributed by atoms with Crippen LogP contribution in [0, 0.1) is 5.92 Å². The number of benzene rings is 2. The fourth-order valence-corrected chi connectivity index (χ4v) is 3.72. The van der Waals surface area contributed by atoms with Crippen molar-refractivity contribution in [1.29, 1.82) is 0 Å². The van der Waals surface area contributed by atoms with Crippen LogP contribution in [-0.2, 0) is 16.1 Å². The van der Waals surface area contributed by atoms with Gasteiger partial charge < -0.3 is 21.7 Å². The summed E-state index contributed by atoms with van der Waals surface area (Å²) in [5, 5.41) is 3.01. The van der Waals surface area contributed by atoms with E-state index < -0.39 is 5.91 Å². The number of nitrogens with one attached hydrogen (secondary N) is 1. The number of carbonyl (C=O) groups excluding carboxylic acids is 2. The van der Waals surface area contributed by atoms with E-state index in [1.807, 2.05) is 59.5 Å². The molecule has 0 spiro atoms. The Labute approximate surface area is 190 Å². The fourth-order valence-electron chi connectivity index (χ4n) is 3.72. The summed E-state index contributed by atoms with van der Waals surface area (Å²) in [5.74, 6) is -0.433. The molecule has 0 saturated heterocycles. The molecule has 0 aromatic heterocycles. The van der Waals surface area contributed by atoms with Crippen LogP contribution in [0.2, 0.25) is 0 Å². The van der Waals surface area contributed by atoms with Crippen LogP contribution in [-0.4, -0.2) is 24.4 Å². The molecule has 6 nitrogen and oxygen atoms in total. The third-order valence-electron chi connectivity index (χ3n) is 5.13. The number of hydrogen-bond acceptors (Lipinski definition) is 4. The Morgan fingerprint density at radius 1 is 1.03 bits per heavy atom. The quantitative estimate of drug-likeness (QED) is 0.598. The highest BCUT2D eigenvalue weighted by Crippen LogP contribution is 2.26. The van der Waals surface area contributed by atoms with Gasteiger partial charge in [-0.25, -0.2) is 0 Å². The number of rotatable bonds is 7. The zero-order valence-corrected chi connectivity index (χ0v) is 18.5. The van der Waals surface area contributed by atoms with Crippen molar-refractivity contribution in [3.63, 3.8) is 0 Å². The van der Waals surface area contributed by atoms with Crippen LogP contribution in [0.3, 0.4) is 0 Å². The Kier molecular flexibility index (Phi) is 10.7. The molecule has 30 heavy (non-hydrogen) atoms. The first kappa shape index (κ1) is 25.8. The molecule has 2 amide bonds. The van der Waals surface area contributed by atoms with Crippen LogP contribution in [0.5, 0.6) is 0 Å². The van der Waals surface area contributed by atoms with Gasteiger partial charge in [0, 0.05) is 29.9 Å². The van der Waals surface area contributed by atoms with E-state index in [-0.39, 0.29) is 49.2 Å². The van der Waals surface area contributed by atoms with E-state index >= 15 is 0 Å². The standard InChI is InChI=1S/C22H28N4O2.2ClH/c23-18-9-4-8-17(12-18)22(28)25-19-10-5-11-20(13-19)26(15-21(24)27)14-16-6-2-1-3-7-16;;/h1-3,5-7,10-11,13,17-18H,4,8-9,12,14-15,23H2,(H2,24,27)(H,25,28);2*1H. The van der Waals surface area contributed by atoms with Gasteiger partial charge in [0.05, 0.1) is 6.54 Å². The second-order valence-corrected chi connectivity index (χ2v) is 7.47. The molecule has 2 aromatic rings. The molecule has 2 unspecified atom stereocenters. The zero-order valence-electron chi connectivity index (χ0n) is 16.8. The summed E-state index contributed by atoms with van der Waals surface area (Å²) < 4.78 is 0. The lowest BCUT2D eigenvalue weighted by Gasteiger charge is -2.26. The summed E-state index contributed by atoms with van der Waals surface area (Å²) in [7, 11) is 0. The van der Waals surface area contributed by atoms with Crippen LogP contribution in [0.1, 0.15) is 31.2 Å². The molecule has 0 heterocycles. The predicted octanol–water partition coefficient (Wildman–Crippen LogP) is 3.48. The molecule has 1 saturated carbocycles. The Morgan fingerprint density at radius 2 is 1.77 bits per heavy atom. The molecular weight excluding hydrogens is 423 g/mol. The molecule has 5 N–H and O–H groups in total. The summed E-state index contributed by atoms with van der Waals surface area (Å²) in [6, 6.07) is 17.5. The van der Waals surface area contributed by atoms with Gasteiger partial charge in [0.15, 0.2) is 0 Å². The highest BCUT2D eigenvalue weighted by atomic mass is 35.5. The third kappa shape index (κ3) is 7.52. The van der Waals surface area contributed by atoms with E-state index in [1.54, 1.807) is 0 Å². The van der Waals surface area contributed by atoms with Crippen LogP contribution in [0.15, 0.2) is 54.6 Å². The van der Waals surface area contributed by atoms with Crippen molar-refractivity contribution in [3.8, 4) is 0 Å². The maximum Gasteiger partial charge on any atom is 0.236 e. The van der Waals surface area contributed by atoms with Crippen LogP contribution in [0.25, 0.3) is 0 Å². The number of halogens is 2. The minimum Gasteiger partial charge on any atom is -0.368 e. The average Bonchev–Trinajstić information content (AvgIpc) is 2.68. The second kappa shape index (κ2) is 12.4. The lowest BCUT2D eigenvalue weighted by molar-refractivity contribution is -0.121. The topological polar surface area (TPSA) is 101 Å². The first-order valence-corrected chi connectivity index (χ1v) is 9.75. The molecule has 0 bridgehead atoms. The van der Waals surface area contributed by atoms with Crippen LogP contribution in [0.4, 0.5) is 11.4 Å². The Balaban J connectivity index is 0.00000225. The highest BCUT2D eigenvalue weighted by molar-refractivity contribution is 5.93. The van der Waals surface area contributed by atoms with Gasteiger partial charge in [-0.1, -0.05) is 42.8 Å². The number of anilines is 2. The minimum absolute atomic E-state index is 0. The van der Waals surface area contributed by atoms with Crippen LogP contribution < -0.4 is 21.7 Å². The Bertz CT molecular complexity index is 820. The lowest BCUT2D eigenvalue weighted by Crippen LogP contribution is -2.34. The number of amides is 2. The summed E-state index contributed by atoms with van der Waals surface area (Å²) in [4.78, 5) is 26.1. The van der Waals surface area contributed by atoms with E-state index in [4.69, 9.17) is 11.5 Å². The second-order valence-electron chi connectivity index (χ2n) is 7.47. The van der Waals surface area contributed by atoms with E-state index in [0.717, 1.165) is 36.9 Å². The van der Waals surface area contributed by atoms with Gasteiger partial charge in [0.1, 0.15) is 0 Å². The zero-order chi connectivity index (χ0) is 19.9. The molecule has 164 valence electrons. The van der Waals surface area contributed by atoms with E-state index in [1.165, 1.54) is 0 Å². The van der Waals surface area contributed by atoms with Gasteiger partial charge in [-0.3, -0.25) is 9.59 Å². The highest BCUT2D eigenvalue weighted by Gasteiger charge is 2.25. The predicted molar refractivity (Wildman–Crippen MR) is 126 cm³/mol. The van der Waals surface area contributed by atoms with Crippen molar-refractivity contribution in [3.05, 3.63) is 60.2 Å². The van der Waals surface area contributed by atoms with Crippen LogP contribution >= 0.6 is 24.8 Å². The number of hydrogen-bond donors (Lipinski definition) is 3. The van der Waals surface area contributed by atoms with Gasteiger partial charge in [0.2, 0.25) is 11.8 Å². The summed E-state index contributed by atoms with van der Waals surface area (Å²) in [6.45, 7) is 0.655. The van der Waals surface area contributed by atoms with Gasteiger partial charge in [-0.05, 0) is 43.0 Å². The van der Waals surface area contributed by atoms with E-state index in [2.05, 4.69) is 5.32 Å². The average molecular weight is 453 g/mol. The molecule has 8 heteroatoms. The van der Waals surface area contributed by atoms with Gasteiger partial charge in [-0.2, -0.15) is 0 Å². The first-order valence-electron chi connectivity index (χ1n) is 9.75. The maximum absolute atomic E-state index is 12.6. The fraction of sp³-hybridized carbons (Fsp3) is 0.364. The van der Waals surface area contributed by atoms with Gasteiger partial charge >= 0.3 is 0 Å². The summed E-state index contributed by atoms with van der Waals surface area (Å²) >= 11 is 0. The van der Waals surface area contributed by atoms with Gasteiger partial charge in [0.25, 0.3) is 0 Å². The molecule has 0 radical (unpaired) electrons. The van der Waals surface area contributed by atoms with Crippen molar-refractivity contribution >= 4 is 48.0 Å². The smallest absolute Gasteiger partial charge is 0.236 e. The monoisotopic (exact) mass is 452 g/mol. The molecule has 2 atom stereocenters. The number of nitrogens with two attached hydrogens (primary N) is 2. The number of carbonyl (C=O) groups is 2.